The molecule has 1 fully saturated rings. The Morgan fingerprint density at radius 3 is 3.07 bits per heavy atom. The van der Waals surface area contributed by atoms with Gasteiger partial charge in [-0.05, 0) is 48.7 Å². The van der Waals surface area contributed by atoms with E-state index in [0.717, 1.165) is 19.4 Å². The third-order valence-corrected chi connectivity index (χ3v) is 5.46. The van der Waals surface area contributed by atoms with Crippen LogP contribution in [0.15, 0.2) is 27.9 Å². The van der Waals surface area contributed by atoms with Crippen molar-refractivity contribution < 1.29 is 13.7 Å². The summed E-state index contributed by atoms with van der Waals surface area (Å²) in [5.41, 5.74) is 1.15. The molecule has 3 heterocycles. The Kier molecular flexibility index (Phi) is 5.17. The van der Waals surface area contributed by atoms with Crippen molar-refractivity contribution in [1.82, 2.24) is 30.3 Å². The molecule has 4 rings (SSSR count). The average molecular weight is 390 g/mol. The third-order valence-electron chi connectivity index (χ3n) is 4.40. The van der Waals surface area contributed by atoms with Crippen LogP contribution in [0.3, 0.4) is 0 Å². The summed E-state index contributed by atoms with van der Waals surface area (Å²) in [6, 6.07) is 4.87. The number of hydrogen-bond donors (Lipinski definition) is 0. The lowest BCUT2D eigenvalue weighted by atomic mass is 10.1. The Morgan fingerprint density at radius 2 is 2.30 bits per heavy atom. The second kappa shape index (κ2) is 7.73. The van der Waals surface area contributed by atoms with Crippen LogP contribution in [-0.2, 0) is 11.3 Å². The first-order valence-corrected chi connectivity index (χ1v) is 9.62. The summed E-state index contributed by atoms with van der Waals surface area (Å²) in [5.74, 6) is 0.493. The van der Waals surface area contributed by atoms with Crippen molar-refractivity contribution in [2.45, 2.75) is 49.7 Å². The van der Waals surface area contributed by atoms with Crippen LogP contribution in [0.1, 0.15) is 36.5 Å². The molecule has 10 heteroatoms. The minimum absolute atomic E-state index is 0.148. The highest BCUT2D eigenvalue weighted by molar-refractivity contribution is 7.99. The number of thioether (sulfide) groups is 1. The van der Waals surface area contributed by atoms with Crippen LogP contribution in [0, 0.1) is 12.7 Å². The summed E-state index contributed by atoms with van der Waals surface area (Å²) in [6.07, 6.45) is 2.23. The lowest BCUT2D eigenvalue weighted by molar-refractivity contribution is 0.0911. The summed E-state index contributed by atoms with van der Waals surface area (Å²) in [7, 11) is 0. The van der Waals surface area contributed by atoms with Crippen LogP contribution >= 0.6 is 11.8 Å². The van der Waals surface area contributed by atoms with Crippen LogP contribution in [0.5, 0.6) is 0 Å². The van der Waals surface area contributed by atoms with Gasteiger partial charge in [0.2, 0.25) is 16.9 Å². The standard InChI is InChI=1S/C17H19FN6O2S/c1-10-5-6-12(8-14(10)18)15-19-16(26-21-15)11(2)27-17-20-22-23-24(17)9-13-4-3-7-25-13/h5-6,8,11,13H,3-4,7,9H2,1-2H3. The number of hydrogen-bond acceptors (Lipinski definition) is 8. The van der Waals surface area contributed by atoms with Gasteiger partial charge in [-0.15, -0.1) is 5.10 Å². The van der Waals surface area contributed by atoms with Crippen LogP contribution in [0.4, 0.5) is 4.39 Å². The minimum atomic E-state index is -0.297. The molecule has 1 saturated heterocycles. The highest BCUT2D eigenvalue weighted by atomic mass is 32.2. The summed E-state index contributed by atoms with van der Waals surface area (Å²) in [6.45, 7) is 5.05. The fourth-order valence-corrected chi connectivity index (χ4v) is 3.66. The molecule has 27 heavy (non-hydrogen) atoms. The van der Waals surface area contributed by atoms with Crippen LogP contribution in [0.2, 0.25) is 0 Å². The lowest BCUT2D eigenvalue weighted by Gasteiger charge is -2.11. The maximum absolute atomic E-state index is 13.8. The molecular formula is C17H19FN6O2S. The van der Waals surface area contributed by atoms with E-state index in [-0.39, 0.29) is 17.2 Å². The van der Waals surface area contributed by atoms with Gasteiger partial charge < -0.3 is 9.26 Å². The Balaban J connectivity index is 1.46. The number of aromatic nitrogens is 6. The van der Waals surface area contributed by atoms with E-state index >= 15 is 0 Å². The predicted octanol–water partition coefficient (Wildman–Crippen LogP) is 3.20. The Bertz CT molecular complexity index is 924. The zero-order chi connectivity index (χ0) is 18.8. The molecule has 142 valence electrons. The molecular weight excluding hydrogens is 371 g/mol. The number of halogens is 1. The number of benzene rings is 1. The molecule has 0 saturated carbocycles. The second-order valence-electron chi connectivity index (χ2n) is 6.46. The number of aryl methyl sites for hydroxylation is 1. The van der Waals surface area contributed by atoms with Gasteiger partial charge in [0.1, 0.15) is 5.82 Å². The lowest BCUT2D eigenvalue weighted by Crippen LogP contribution is -2.17. The van der Waals surface area contributed by atoms with Crippen molar-refractivity contribution in [3.8, 4) is 11.4 Å². The third kappa shape index (κ3) is 4.01. The maximum atomic E-state index is 13.8. The highest BCUT2D eigenvalue weighted by Crippen LogP contribution is 2.33. The SMILES string of the molecule is Cc1ccc(-c2noc(C(C)Sc3nnnn3CC3CCCO3)n2)cc1F. The van der Waals surface area contributed by atoms with E-state index in [1.54, 1.807) is 23.7 Å². The van der Waals surface area contributed by atoms with Gasteiger partial charge >= 0.3 is 0 Å². The molecule has 3 aromatic rings. The predicted molar refractivity (Wildman–Crippen MR) is 95.5 cm³/mol. The minimum Gasteiger partial charge on any atom is -0.376 e. The highest BCUT2D eigenvalue weighted by Gasteiger charge is 2.23. The van der Waals surface area contributed by atoms with Gasteiger partial charge in [-0.3, -0.25) is 0 Å². The van der Waals surface area contributed by atoms with E-state index in [0.29, 0.717) is 34.5 Å². The molecule has 0 N–H and O–H groups in total. The van der Waals surface area contributed by atoms with Crippen molar-refractivity contribution in [2.75, 3.05) is 6.61 Å². The van der Waals surface area contributed by atoms with Crippen molar-refractivity contribution in [3.05, 3.63) is 35.5 Å². The van der Waals surface area contributed by atoms with E-state index in [4.69, 9.17) is 9.26 Å². The van der Waals surface area contributed by atoms with Gasteiger partial charge in [-0.2, -0.15) is 4.98 Å². The van der Waals surface area contributed by atoms with E-state index in [2.05, 4.69) is 25.7 Å². The molecule has 0 amide bonds. The monoisotopic (exact) mass is 390 g/mol. The maximum Gasteiger partial charge on any atom is 0.240 e. The van der Waals surface area contributed by atoms with E-state index in [1.165, 1.54) is 17.8 Å². The molecule has 0 spiro atoms. The molecule has 2 unspecified atom stereocenters. The smallest absolute Gasteiger partial charge is 0.240 e. The molecule has 1 aliphatic rings. The fraction of sp³-hybridized carbons (Fsp3) is 0.471. The van der Waals surface area contributed by atoms with Crippen molar-refractivity contribution in [3.63, 3.8) is 0 Å². The van der Waals surface area contributed by atoms with Crippen molar-refractivity contribution in [2.24, 2.45) is 0 Å². The normalized spacial score (nSPS) is 18.1. The topological polar surface area (TPSA) is 91.8 Å². The zero-order valence-corrected chi connectivity index (χ0v) is 15.8. The van der Waals surface area contributed by atoms with Crippen LogP contribution < -0.4 is 0 Å². The summed E-state index contributed by atoms with van der Waals surface area (Å²) in [5, 5.41) is 16.4. The van der Waals surface area contributed by atoms with Gasteiger partial charge in [0.05, 0.1) is 17.9 Å². The van der Waals surface area contributed by atoms with Crippen molar-refractivity contribution in [1.29, 1.82) is 0 Å². The first kappa shape index (κ1) is 18.1. The Morgan fingerprint density at radius 1 is 1.41 bits per heavy atom. The van der Waals surface area contributed by atoms with Gasteiger partial charge in [-0.25, -0.2) is 9.07 Å². The summed E-state index contributed by atoms with van der Waals surface area (Å²) >= 11 is 1.43. The Labute approximate surface area is 159 Å². The first-order valence-electron chi connectivity index (χ1n) is 8.74. The fourth-order valence-electron chi connectivity index (χ4n) is 2.83. The average Bonchev–Trinajstić information content (AvgIpc) is 3.40. The number of tetrazole rings is 1. The van der Waals surface area contributed by atoms with Crippen molar-refractivity contribution >= 4 is 11.8 Å². The largest absolute Gasteiger partial charge is 0.376 e. The van der Waals surface area contributed by atoms with E-state index in [9.17, 15) is 4.39 Å². The summed E-state index contributed by atoms with van der Waals surface area (Å²) < 4.78 is 26.5. The van der Waals surface area contributed by atoms with Crippen LogP contribution in [-0.4, -0.2) is 43.1 Å². The van der Waals surface area contributed by atoms with E-state index < -0.39 is 0 Å². The number of nitrogens with zero attached hydrogens (tertiary/aromatic N) is 6. The molecule has 1 aliphatic heterocycles. The number of rotatable bonds is 6. The molecule has 0 radical (unpaired) electrons. The molecule has 2 atom stereocenters. The molecule has 2 aromatic heterocycles. The van der Waals surface area contributed by atoms with Gasteiger partial charge in [0, 0.05) is 12.2 Å². The Hall–Kier alpha value is -2.33. The quantitative estimate of drug-likeness (QED) is 0.593. The molecule has 1 aromatic carbocycles. The van der Waals surface area contributed by atoms with Gasteiger partial charge in [0.25, 0.3) is 0 Å². The molecule has 0 bridgehead atoms. The molecule has 8 nitrogen and oxygen atoms in total. The second-order valence-corrected chi connectivity index (χ2v) is 7.77. The summed E-state index contributed by atoms with van der Waals surface area (Å²) in [4.78, 5) is 4.40. The molecule has 0 aliphatic carbocycles. The van der Waals surface area contributed by atoms with E-state index in [1.807, 2.05) is 6.92 Å². The first-order chi connectivity index (χ1) is 13.1. The zero-order valence-electron chi connectivity index (χ0n) is 15.0. The van der Waals surface area contributed by atoms with Crippen LogP contribution in [0.25, 0.3) is 11.4 Å². The van der Waals surface area contributed by atoms with Gasteiger partial charge in [0.15, 0.2) is 0 Å². The number of ether oxygens (including phenoxy) is 1. The van der Waals surface area contributed by atoms with Gasteiger partial charge in [-0.1, -0.05) is 29.1 Å².